The molecule has 0 bridgehead atoms. The van der Waals surface area contributed by atoms with Crippen molar-refractivity contribution in [3.8, 4) is 0 Å². The molecule has 0 saturated heterocycles. The lowest BCUT2D eigenvalue weighted by Gasteiger charge is -2.03. The number of rotatable bonds is 2. The van der Waals surface area contributed by atoms with Gasteiger partial charge in [-0.3, -0.25) is 16.0 Å². The number of methoxy groups -OCH3 is 1. The van der Waals surface area contributed by atoms with Crippen LogP contribution < -0.4 is 0 Å². The molecule has 0 radical (unpaired) electrons. The summed E-state index contributed by atoms with van der Waals surface area (Å²) in [6, 6.07) is 0. The normalized spacial score (nSPS) is 21.9. The van der Waals surface area contributed by atoms with Gasteiger partial charge in [0.2, 0.25) is 0 Å². The summed E-state index contributed by atoms with van der Waals surface area (Å²) in [7, 11) is 1.37. The number of allylic oxidation sites excluding steroid dienone is 1. The van der Waals surface area contributed by atoms with Crippen molar-refractivity contribution in [1.82, 2.24) is 0 Å². The number of nitro groups is 1. The quantitative estimate of drug-likeness (QED) is 0.365. The molecule has 1 rings (SSSR count). The van der Waals surface area contributed by atoms with E-state index >= 15 is 0 Å². The van der Waals surface area contributed by atoms with Crippen molar-refractivity contribution < 1.29 is 9.66 Å². The molecule has 1 atom stereocenters. The zero-order valence-corrected chi connectivity index (χ0v) is 7.00. The third-order valence-corrected chi connectivity index (χ3v) is 2.40. The van der Waals surface area contributed by atoms with Gasteiger partial charge in [-0.15, -0.1) is 0 Å². The third kappa shape index (κ3) is 1.55. The fraction of sp³-hybridized carbons (Fsp3) is 0.333. The Kier molecular flexibility index (Phi) is 2.65. The molecular weight excluding hydrogens is 180 g/mol. The van der Waals surface area contributed by atoms with Crippen LogP contribution in [0.1, 0.15) is 0 Å². The maximum atomic E-state index is 10.4. The number of nitrogens with zero attached hydrogens (tertiary/aromatic N) is 2. The highest BCUT2D eigenvalue weighted by atomic mass is 32.2. The first-order valence-corrected chi connectivity index (χ1v) is 3.89. The van der Waals surface area contributed by atoms with Gasteiger partial charge in [0.05, 0.1) is 4.92 Å². The Balaban J connectivity index is 2.94. The Morgan fingerprint density at radius 3 is 2.92 bits per heavy atom. The SMILES string of the molecule is CO[C@@H]1SC(=C=[N-])C=C1[N+](=O)[O-]. The van der Waals surface area contributed by atoms with Crippen LogP contribution in [-0.2, 0) is 4.74 Å². The van der Waals surface area contributed by atoms with Crippen LogP contribution in [0.4, 0.5) is 0 Å². The number of ether oxygens (including phenoxy) is 1. The lowest BCUT2D eigenvalue weighted by molar-refractivity contribution is -0.432. The predicted octanol–water partition coefficient (Wildman–Crippen LogP) is 0.989. The first-order chi connectivity index (χ1) is 5.69. The van der Waals surface area contributed by atoms with Gasteiger partial charge in [0.25, 0.3) is 5.70 Å². The van der Waals surface area contributed by atoms with Crippen molar-refractivity contribution in [2.24, 2.45) is 0 Å². The van der Waals surface area contributed by atoms with Gasteiger partial charge in [0.15, 0.2) is 5.44 Å². The van der Waals surface area contributed by atoms with Crippen LogP contribution in [0.5, 0.6) is 0 Å². The maximum absolute atomic E-state index is 10.4. The van der Waals surface area contributed by atoms with E-state index in [4.69, 9.17) is 10.1 Å². The fourth-order valence-corrected chi connectivity index (χ4v) is 1.62. The van der Waals surface area contributed by atoms with E-state index in [2.05, 4.69) is 0 Å². The number of hydrogen-bond donors (Lipinski definition) is 0. The van der Waals surface area contributed by atoms with E-state index in [1.54, 1.807) is 0 Å². The van der Waals surface area contributed by atoms with Gasteiger partial charge >= 0.3 is 0 Å². The number of thioether (sulfide) groups is 1. The second kappa shape index (κ2) is 3.53. The first-order valence-electron chi connectivity index (χ1n) is 3.01. The molecule has 1 heterocycles. The van der Waals surface area contributed by atoms with E-state index in [1.807, 2.05) is 5.87 Å². The average molecular weight is 185 g/mol. The average Bonchev–Trinajstić information content (AvgIpc) is 2.47. The van der Waals surface area contributed by atoms with Crippen LogP contribution in [-0.4, -0.2) is 23.3 Å². The summed E-state index contributed by atoms with van der Waals surface area (Å²) >= 11 is 1.05. The van der Waals surface area contributed by atoms with E-state index in [-0.39, 0.29) is 5.70 Å². The highest BCUT2D eigenvalue weighted by Gasteiger charge is 2.31. The van der Waals surface area contributed by atoms with Crippen molar-refractivity contribution in [1.29, 1.82) is 0 Å². The lowest BCUT2D eigenvalue weighted by Crippen LogP contribution is -2.12. The maximum Gasteiger partial charge on any atom is 0.287 e. The zero-order chi connectivity index (χ0) is 9.14. The van der Waals surface area contributed by atoms with E-state index in [1.165, 1.54) is 13.2 Å². The molecular formula is C6H5N2O3S-. The second-order valence-electron chi connectivity index (χ2n) is 1.99. The largest absolute Gasteiger partial charge is 0.762 e. The van der Waals surface area contributed by atoms with E-state index in [9.17, 15) is 10.1 Å². The molecule has 0 spiro atoms. The minimum absolute atomic E-state index is 0.0703. The van der Waals surface area contributed by atoms with Gasteiger partial charge in [-0.2, -0.15) is 0 Å². The molecule has 0 aromatic rings. The Morgan fingerprint density at radius 1 is 1.92 bits per heavy atom. The summed E-state index contributed by atoms with van der Waals surface area (Å²) in [5.74, 6) is 1.83. The monoisotopic (exact) mass is 185 g/mol. The molecule has 0 fully saturated rings. The fourth-order valence-electron chi connectivity index (χ4n) is 0.778. The smallest absolute Gasteiger partial charge is 0.287 e. The highest BCUT2D eigenvalue weighted by Crippen LogP contribution is 2.34. The molecule has 0 unspecified atom stereocenters. The molecule has 5 nitrogen and oxygen atoms in total. The predicted molar refractivity (Wildman–Crippen MR) is 45.3 cm³/mol. The summed E-state index contributed by atoms with van der Waals surface area (Å²) in [5, 5.41) is 18.8. The molecule has 6 heteroatoms. The van der Waals surface area contributed by atoms with E-state index in [0.29, 0.717) is 4.91 Å². The van der Waals surface area contributed by atoms with Crippen molar-refractivity contribution in [2.45, 2.75) is 5.44 Å². The van der Waals surface area contributed by atoms with Crippen molar-refractivity contribution in [3.05, 3.63) is 32.2 Å². The summed E-state index contributed by atoms with van der Waals surface area (Å²) in [6.45, 7) is 0. The van der Waals surface area contributed by atoms with Gasteiger partial charge in [0.1, 0.15) is 0 Å². The highest BCUT2D eigenvalue weighted by molar-refractivity contribution is 8.04. The minimum Gasteiger partial charge on any atom is -0.762 e. The number of hydrogen-bond acceptors (Lipinski definition) is 4. The second-order valence-corrected chi connectivity index (χ2v) is 3.09. The molecule has 12 heavy (non-hydrogen) atoms. The Hall–Kier alpha value is -1.10. The molecule has 0 saturated carbocycles. The van der Waals surface area contributed by atoms with Gasteiger partial charge in [0, 0.05) is 18.1 Å². The Labute approximate surface area is 72.8 Å². The summed E-state index contributed by atoms with van der Waals surface area (Å²) in [4.78, 5) is 10.1. The van der Waals surface area contributed by atoms with Gasteiger partial charge < -0.3 is 10.1 Å². The molecule has 0 aromatic heterocycles. The van der Waals surface area contributed by atoms with Crippen LogP contribution in [0, 0.1) is 10.1 Å². The molecule has 1 aliphatic heterocycles. The third-order valence-electron chi connectivity index (χ3n) is 1.29. The molecule has 0 amide bonds. The molecule has 64 valence electrons. The van der Waals surface area contributed by atoms with Crippen LogP contribution >= 0.6 is 11.8 Å². The first kappa shape index (κ1) is 8.99. The van der Waals surface area contributed by atoms with Crippen molar-refractivity contribution in [2.75, 3.05) is 7.11 Å². The molecule has 0 N–H and O–H groups in total. The van der Waals surface area contributed by atoms with Crippen LogP contribution in [0.2, 0.25) is 0 Å². The topological polar surface area (TPSA) is 74.7 Å². The standard InChI is InChI=1S/C6H5N2O3S/c1-11-6-5(8(9)10)2-4(3-7)12-6/h2,6H,1H3/q-1/t6-/m1/s1. The summed E-state index contributed by atoms with van der Waals surface area (Å²) < 4.78 is 4.80. The molecule has 1 aliphatic rings. The van der Waals surface area contributed by atoms with Crippen LogP contribution in [0.25, 0.3) is 5.41 Å². The molecule has 0 aromatic carbocycles. The van der Waals surface area contributed by atoms with Crippen molar-refractivity contribution >= 4 is 17.6 Å². The van der Waals surface area contributed by atoms with E-state index in [0.717, 1.165) is 11.8 Å². The van der Waals surface area contributed by atoms with Crippen LogP contribution in [0.15, 0.2) is 16.7 Å². The van der Waals surface area contributed by atoms with Crippen molar-refractivity contribution in [3.63, 3.8) is 0 Å². The Bertz CT molecular complexity index is 293. The lowest BCUT2D eigenvalue weighted by atomic mass is 10.4. The van der Waals surface area contributed by atoms with E-state index < -0.39 is 10.4 Å². The molecule has 0 aliphatic carbocycles. The van der Waals surface area contributed by atoms with Crippen LogP contribution in [0.3, 0.4) is 0 Å². The Morgan fingerprint density at radius 2 is 2.58 bits per heavy atom. The van der Waals surface area contributed by atoms with Gasteiger partial charge in [-0.1, -0.05) is 11.8 Å². The zero-order valence-electron chi connectivity index (χ0n) is 6.18. The summed E-state index contributed by atoms with van der Waals surface area (Å²) in [5.41, 5.74) is -0.714. The summed E-state index contributed by atoms with van der Waals surface area (Å²) in [6.07, 6.45) is 1.23. The van der Waals surface area contributed by atoms with Gasteiger partial charge in [-0.25, -0.2) is 0 Å². The minimum atomic E-state index is -0.644. The van der Waals surface area contributed by atoms with Gasteiger partial charge in [-0.05, 0) is 0 Å².